The molecule has 2 N–H and O–H groups in total. The Morgan fingerprint density at radius 2 is 2.17 bits per heavy atom. The first-order valence-corrected chi connectivity index (χ1v) is 4.23. The average Bonchev–Trinajstić information content (AvgIpc) is 2.03. The van der Waals surface area contributed by atoms with Crippen LogP contribution in [0, 0.1) is 5.82 Å². The molecule has 0 fully saturated rings. The molecular weight excluding hydrogens is 228 g/mol. The third-order valence-electron chi connectivity index (χ3n) is 1.51. The van der Waals surface area contributed by atoms with E-state index in [1.165, 1.54) is 12.1 Å². The van der Waals surface area contributed by atoms with Gasteiger partial charge in [-0.1, -0.05) is 22.0 Å². The highest BCUT2D eigenvalue weighted by atomic mass is 79.9. The van der Waals surface area contributed by atoms with Crippen molar-refractivity contribution in [1.29, 1.82) is 0 Å². The van der Waals surface area contributed by atoms with Gasteiger partial charge in [-0.15, -0.1) is 0 Å². The zero-order valence-corrected chi connectivity index (χ0v) is 7.81. The van der Waals surface area contributed by atoms with Crippen molar-refractivity contribution < 1.29 is 8.78 Å². The molecule has 1 atom stereocenters. The van der Waals surface area contributed by atoms with Gasteiger partial charge in [0.25, 0.3) is 0 Å². The van der Waals surface area contributed by atoms with Crippen molar-refractivity contribution in [3.05, 3.63) is 34.1 Å². The Hall–Kier alpha value is -0.480. The summed E-state index contributed by atoms with van der Waals surface area (Å²) in [5, 5.41) is 0. The summed E-state index contributed by atoms with van der Waals surface area (Å²) >= 11 is 3.07. The molecule has 0 heterocycles. The van der Waals surface area contributed by atoms with Crippen LogP contribution in [0.1, 0.15) is 11.7 Å². The lowest BCUT2D eigenvalue weighted by molar-refractivity contribution is 0.341. The molecule has 0 aliphatic heterocycles. The first kappa shape index (κ1) is 9.61. The SMILES string of the molecule is NCC(F)c1ccc(Br)cc1F. The summed E-state index contributed by atoms with van der Waals surface area (Å²) in [7, 11) is 0. The average molecular weight is 236 g/mol. The Bertz CT molecular complexity index is 278. The second-order valence-corrected chi connectivity index (χ2v) is 3.28. The highest BCUT2D eigenvalue weighted by Gasteiger charge is 2.12. The Morgan fingerprint density at radius 1 is 1.50 bits per heavy atom. The molecule has 0 amide bonds. The van der Waals surface area contributed by atoms with Crippen molar-refractivity contribution in [2.24, 2.45) is 5.73 Å². The Morgan fingerprint density at radius 3 is 2.67 bits per heavy atom. The van der Waals surface area contributed by atoms with Gasteiger partial charge >= 0.3 is 0 Å². The molecule has 0 saturated carbocycles. The normalized spacial score (nSPS) is 13.0. The molecule has 4 heteroatoms. The van der Waals surface area contributed by atoms with Crippen molar-refractivity contribution in [3.8, 4) is 0 Å². The molecule has 1 unspecified atom stereocenters. The van der Waals surface area contributed by atoms with Crippen LogP contribution in [0.5, 0.6) is 0 Å². The fourth-order valence-corrected chi connectivity index (χ4v) is 1.22. The molecule has 0 spiro atoms. The minimum Gasteiger partial charge on any atom is -0.327 e. The Kier molecular flexibility index (Phi) is 3.17. The standard InChI is InChI=1S/C8H8BrF2N/c9-5-1-2-6(7(10)3-5)8(11)4-12/h1-3,8H,4,12H2. The molecule has 1 aromatic carbocycles. The van der Waals surface area contributed by atoms with Crippen LogP contribution in [0.25, 0.3) is 0 Å². The van der Waals surface area contributed by atoms with Crippen LogP contribution in [0.15, 0.2) is 22.7 Å². The summed E-state index contributed by atoms with van der Waals surface area (Å²) in [4.78, 5) is 0. The van der Waals surface area contributed by atoms with Crippen LogP contribution in [0.2, 0.25) is 0 Å². The van der Waals surface area contributed by atoms with Crippen LogP contribution < -0.4 is 5.73 Å². The maximum absolute atomic E-state index is 13.0. The Balaban J connectivity index is 3.01. The van der Waals surface area contributed by atoms with E-state index in [-0.39, 0.29) is 12.1 Å². The van der Waals surface area contributed by atoms with Gasteiger partial charge in [0.2, 0.25) is 0 Å². The maximum atomic E-state index is 13.0. The molecule has 0 bridgehead atoms. The molecular formula is C8H8BrF2N. The molecule has 0 radical (unpaired) electrons. The van der Waals surface area contributed by atoms with Crippen LogP contribution >= 0.6 is 15.9 Å². The molecule has 1 rings (SSSR count). The molecule has 12 heavy (non-hydrogen) atoms. The number of rotatable bonds is 2. The number of benzene rings is 1. The zero-order chi connectivity index (χ0) is 9.14. The third kappa shape index (κ3) is 2.01. The van der Waals surface area contributed by atoms with Gasteiger partial charge in [-0.05, 0) is 12.1 Å². The van der Waals surface area contributed by atoms with E-state index in [2.05, 4.69) is 15.9 Å². The minimum atomic E-state index is -1.42. The van der Waals surface area contributed by atoms with Crippen LogP contribution in [-0.4, -0.2) is 6.54 Å². The fraction of sp³-hybridized carbons (Fsp3) is 0.250. The largest absolute Gasteiger partial charge is 0.327 e. The monoisotopic (exact) mass is 235 g/mol. The number of hydrogen-bond donors (Lipinski definition) is 1. The van der Waals surface area contributed by atoms with Gasteiger partial charge in [0, 0.05) is 16.6 Å². The number of alkyl halides is 1. The van der Waals surface area contributed by atoms with Crippen molar-refractivity contribution in [3.63, 3.8) is 0 Å². The van der Waals surface area contributed by atoms with Gasteiger partial charge in [-0.2, -0.15) is 0 Å². The van der Waals surface area contributed by atoms with E-state index >= 15 is 0 Å². The van der Waals surface area contributed by atoms with Crippen molar-refractivity contribution in [1.82, 2.24) is 0 Å². The molecule has 66 valence electrons. The smallest absolute Gasteiger partial charge is 0.140 e. The van der Waals surface area contributed by atoms with E-state index in [1.54, 1.807) is 6.07 Å². The molecule has 1 aromatic rings. The summed E-state index contributed by atoms with van der Waals surface area (Å²) in [6, 6.07) is 4.19. The summed E-state index contributed by atoms with van der Waals surface area (Å²) in [6.45, 7) is -0.196. The van der Waals surface area contributed by atoms with Crippen LogP contribution in [-0.2, 0) is 0 Å². The fourth-order valence-electron chi connectivity index (χ4n) is 0.883. The quantitative estimate of drug-likeness (QED) is 0.838. The third-order valence-corrected chi connectivity index (χ3v) is 2.00. The van der Waals surface area contributed by atoms with Crippen LogP contribution in [0.4, 0.5) is 8.78 Å². The topological polar surface area (TPSA) is 26.0 Å². The summed E-state index contributed by atoms with van der Waals surface area (Å²) in [5.41, 5.74) is 5.07. The molecule has 1 nitrogen and oxygen atoms in total. The van der Waals surface area contributed by atoms with Gasteiger partial charge < -0.3 is 5.73 Å². The molecule has 0 aromatic heterocycles. The van der Waals surface area contributed by atoms with Gasteiger partial charge in [0.05, 0.1) is 0 Å². The van der Waals surface area contributed by atoms with E-state index in [0.29, 0.717) is 4.47 Å². The molecule has 0 aliphatic rings. The lowest BCUT2D eigenvalue weighted by Crippen LogP contribution is -2.09. The van der Waals surface area contributed by atoms with Crippen molar-refractivity contribution >= 4 is 15.9 Å². The zero-order valence-electron chi connectivity index (χ0n) is 6.23. The van der Waals surface area contributed by atoms with Gasteiger partial charge in [-0.25, -0.2) is 8.78 Å². The molecule has 0 saturated heterocycles. The highest BCUT2D eigenvalue weighted by molar-refractivity contribution is 9.10. The lowest BCUT2D eigenvalue weighted by atomic mass is 10.1. The van der Waals surface area contributed by atoms with E-state index < -0.39 is 12.0 Å². The van der Waals surface area contributed by atoms with E-state index in [9.17, 15) is 8.78 Å². The Labute approximate surface area is 77.7 Å². The first-order valence-electron chi connectivity index (χ1n) is 3.44. The van der Waals surface area contributed by atoms with E-state index in [1.807, 2.05) is 0 Å². The lowest BCUT2D eigenvalue weighted by Gasteiger charge is -2.06. The number of hydrogen-bond acceptors (Lipinski definition) is 1. The summed E-state index contributed by atoms with van der Waals surface area (Å²) in [5.74, 6) is -0.567. The summed E-state index contributed by atoms with van der Waals surface area (Å²) in [6.07, 6.45) is -1.42. The second kappa shape index (κ2) is 3.96. The van der Waals surface area contributed by atoms with Crippen molar-refractivity contribution in [2.45, 2.75) is 6.17 Å². The van der Waals surface area contributed by atoms with Gasteiger partial charge in [0.15, 0.2) is 0 Å². The second-order valence-electron chi connectivity index (χ2n) is 2.37. The predicted octanol–water partition coefficient (Wildman–Crippen LogP) is 2.56. The number of halogens is 3. The van der Waals surface area contributed by atoms with E-state index in [0.717, 1.165) is 0 Å². The first-order chi connectivity index (χ1) is 5.65. The predicted molar refractivity (Wildman–Crippen MR) is 47.0 cm³/mol. The van der Waals surface area contributed by atoms with Gasteiger partial charge in [-0.3, -0.25) is 0 Å². The summed E-state index contributed by atoms with van der Waals surface area (Å²) < 4.78 is 26.4. The molecule has 0 aliphatic carbocycles. The van der Waals surface area contributed by atoms with Gasteiger partial charge in [0.1, 0.15) is 12.0 Å². The van der Waals surface area contributed by atoms with E-state index in [4.69, 9.17) is 5.73 Å². The maximum Gasteiger partial charge on any atom is 0.140 e. The van der Waals surface area contributed by atoms with Crippen LogP contribution in [0.3, 0.4) is 0 Å². The number of nitrogens with two attached hydrogens (primary N) is 1. The highest BCUT2D eigenvalue weighted by Crippen LogP contribution is 2.22. The van der Waals surface area contributed by atoms with Crippen molar-refractivity contribution in [2.75, 3.05) is 6.54 Å². The minimum absolute atomic E-state index is 0.0145.